The molecule has 0 bridgehead atoms. The molecule has 3 nitrogen and oxygen atoms in total. The number of ketones is 1. The molecule has 1 unspecified atom stereocenters. The molecular formula is C24H34O3. The lowest BCUT2D eigenvalue weighted by molar-refractivity contribution is -0.124. The molecule has 27 heavy (non-hydrogen) atoms. The highest BCUT2D eigenvalue weighted by Crippen LogP contribution is 2.24. The predicted octanol–water partition coefficient (Wildman–Crippen LogP) is 5.98. The highest BCUT2D eigenvalue weighted by Gasteiger charge is 2.25. The fourth-order valence-corrected chi connectivity index (χ4v) is 2.44. The molecule has 2 rings (SSSR count). The van der Waals surface area contributed by atoms with Gasteiger partial charge in [0.25, 0.3) is 0 Å². The second-order valence-corrected chi connectivity index (χ2v) is 7.87. The number of ether oxygens (including phenoxy) is 1. The zero-order valence-electron chi connectivity index (χ0n) is 17.5. The monoisotopic (exact) mass is 370 g/mol. The van der Waals surface area contributed by atoms with E-state index < -0.39 is 6.10 Å². The lowest BCUT2D eigenvalue weighted by Gasteiger charge is -2.34. The molecule has 0 amide bonds. The minimum atomic E-state index is -1.08. The van der Waals surface area contributed by atoms with Crippen LogP contribution in [0.15, 0.2) is 60.7 Å². The second kappa shape index (κ2) is 10.4. The van der Waals surface area contributed by atoms with Crippen molar-refractivity contribution in [3.63, 3.8) is 0 Å². The smallest absolute Gasteiger partial charge is 0.195 e. The fraction of sp³-hybridized carbons (Fsp3) is 0.458. The Morgan fingerprint density at radius 2 is 1.26 bits per heavy atom. The van der Waals surface area contributed by atoms with Crippen LogP contribution in [0.3, 0.4) is 0 Å². The number of carbonyl (C=O) groups is 1. The molecule has 0 radical (unpaired) electrons. The molecule has 1 atom stereocenters. The van der Waals surface area contributed by atoms with Crippen LogP contribution in [0.4, 0.5) is 0 Å². The van der Waals surface area contributed by atoms with Gasteiger partial charge in [0.1, 0.15) is 6.10 Å². The van der Waals surface area contributed by atoms with Gasteiger partial charge in [0, 0.05) is 5.56 Å². The number of carbonyl (C=O) groups excluding carboxylic acids is 1. The minimum absolute atomic E-state index is 0.0273. The van der Waals surface area contributed by atoms with E-state index in [2.05, 4.69) is 41.5 Å². The maximum Gasteiger partial charge on any atom is 0.195 e. The zero-order valence-corrected chi connectivity index (χ0v) is 17.5. The zero-order chi connectivity index (χ0) is 20.5. The van der Waals surface area contributed by atoms with Crippen LogP contribution in [-0.4, -0.2) is 22.1 Å². The van der Waals surface area contributed by atoms with Crippen LogP contribution >= 0.6 is 0 Å². The molecule has 0 aromatic heterocycles. The molecule has 1 N–H and O–H groups in total. The van der Waals surface area contributed by atoms with Crippen molar-refractivity contribution in [3.05, 3.63) is 71.8 Å². The van der Waals surface area contributed by atoms with Crippen molar-refractivity contribution in [1.82, 2.24) is 0 Å². The Morgan fingerprint density at radius 1 is 0.852 bits per heavy atom. The molecule has 0 spiro atoms. The summed E-state index contributed by atoms with van der Waals surface area (Å²) >= 11 is 0. The van der Waals surface area contributed by atoms with Gasteiger partial charge in [0.15, 0.2) is 5.78 Å². The maximum atomic E-state index is 11.9. The molecule has 2 aromatic carbocycles. The molecule has 148 valence electrons. The normalized spacial score (nSPS) is 12.7. The largest absolute Gasteiger partial charge is 0.380 e. The fourth-order valence-electron chi connectivity index (χ4n) is 2.44. The Bertz CT molecular complexity index is 661. The van der Waals surface area contributed by atoms with Gasteiger partial charge >= 0.3 is 0 Å². The van der Waals surface area contributed by atoms with Crippen LogP contribution in [0.25, 0.3) is 0 Å². The van der Waals surface area contributed by atoms with E-state index in [9.17, 15) is 9.90 Å². The van der Waals surface area contributed by atoms with Crippen LogP contribution in [0, 0.1) is 0 Å². The van der Waals surface area contributed by atoms with Gasteiger partial charge in [0.2, 0.25) is 0 Å². The van der Waals surface area contributed by atoms with Crippen molar-refractivity contribution >= 4 is 5.78 Å². The highest BCUT2D eigenvalue weighted by atomic mass is 16.5. The Morgan fingerprint density at radius 3 is 1.67 bits per heavy atom. The van der Waals surface area contributed by atoms with E-state index in [4.69, 9.17) is 4.74 Å². The van der Waals surface area contributed by atoms with Crippen molar-refractivity contribution in [3.8, 4) is 0 Å². The van der Waals surface area contributed by atoms with Crippen molar-refractivity contribution in [1.29, 1.82) is 0 Å². The van der Waals surface area contributed by atoms with E-state index in [1.807, 2.05) is 12.1 Å². The predicted molar refractivity (Wildman–Crippen MR) is 112 cm³/mol. The third-order valence-electron chi connectivity index (χ3n) is 4.68. The number of hydrogen-bond acceptors (Lipinski definition) is 3. The van der Waals surface area contributed by atoms with Gasteiger partial charge in [-0.3, -0.25) is 4.79 Å². The minimum Gasteiger partial charge on any atom is -0.380 e. The number of hydrogen-bond donors (Lipinski definition) is 1. The van der Waals surface area contributed by atoms with E-state index in [0.29, 0.717) is 11.1 Å². The van der Waals surface area contributed by atoms with Gasteiger partial charge in [-0.05, 0) is 46.1 Å². The van der Waals surface area contributed by atoms with E-state index in [0.717, 1.165) is 12.8 Å². The van der Waals surface area contributed by atoms with Crippen molar-refractivity contribution in [2.75, 3.05) is 0 Å². The summed E-state index contributed by atoms with van der Waals surface area (Å²) in [7, 11) is 0. The molecule has 0 saturated heterocycles. The van der Waals surface area contributed by atoms with Crippen LogP contribution in [0.1, 0.15) is 76.4 Å². The first kappa shape index (κ1) is 23.1. The van der Waals surface area contributed by atoms with Crippen molar-refractivity contribution < 1.29 is 14.6 Å². The number of Topliss-reactive ketones (excluding diaryl/α,β-unsaturated/α-hetero) is 1. The average molecular weight is 371 g/mol. The number of aliphatic hydroxyl groups is 1. The first-order valence-corrected chi connectivity index (χ1v) is 9.64. The molecule has 0 aliphatic rings. The first-order valence-electron chi connectivity index (χ1n) is 9.64. The van der Waals surface area contributed by atoms with Gasteiger partial charge in [-0.25, -0.2) is 0 Å². The van der Waals surface area contributed by atoms with E-state index in [1.54, 1.807) is 48.5 Å². The molecular weight excluding hydrogens is 336 g/mol. The first-order chi connectivity index (χ1) is 12.6. The van der Waals surface area contributed by atoms with E-state index >= 15 is 0 Å². The summed E-state index contributed by atoms with van der Waals surface area (Å²) in [6.07, 6.45) is 1.05. The molecule has 0 aliphatic carbocycles. The molecule has 0 aliphatic heterocycles. The molecule has 0 heterocycles. The lowest BCUT2D eigenvalue weighted by Crippen LogP contribution is -2.35. The summed E-state index contributed by atoms with van der Waals surface area (Å²) in [5.41, 5.74) is 1.20. The Hall–Kier alpha value is -1.97. The number of rotatable bonds is 7. The number of aliphatic hydroxyl groups excluding tert-OH is 1. The van der Waals surface area contributed by atoms with Crippen LogP contribution in [-0.2, 0) is 4.74 Å². The maximum absolute atomic E-state index is 11.9. The summed E-state index contributed by atoms with van der Waals surface area (Å²) in [6.45, 7) is 12.9. The van der Waals surface area contributed by atoms with E-state index in [1.165, 1.54) is 0 Å². The Labute approximate surface area is 164 Å². The average Bonchev–Trinajstić information content (AvgIpc) is 2.68. The summed E-state index contributed by atoms with van der Waals surface area (Å²) in [5, 5.41) is 9.89. The van der Waals surface area contributed by atoms with E-state index in [-0.39, 0.29) is 17.0 Å². The van der Waals surface area contributed by atoms with Crippen LogP contribution in [0.5, 0.6) is 0 Å². The topological polar surface area (TPSA) is 46.5 Å². The Balaban J connectivity index is 0.000000293. The molecule has 0 saturated carbocycles. The van der Waals surface area contributed by atoms with Gasteiger partial charge in [-0.2, -0.15) is 0 Å². The number of benzene rings is 2. The Kier molecular flexibility index (Phi) is 8.87. The van der Waals surface area contributed by atoms with Gasteiger partial charge in [-0.15, -0.1) is 0 Å². The standard InChI is InChI=1S/C14H12O2.C10H22O/c15-13(11-7-3-1-4-8-11)14(16)12-9-5-2-6-10-12;1-7-9(3,4)11-10(5,6)8-2/h1-10,13,15H;7-8H2,1-6H3. The quantitative estimate of drug-likeness (QED) is 0.610. The highest BCUT2D eigenvalue weighted by molar-refractivity contribution is 5.99. The van der Waals surface area contributed by atoms with Crippen LogP contribution in [0.2, 0.25) is 0 Å². The summed E-state index contributed by atoms with van der Waals surface area (Å²) in [5.74, 6) is -0.271. The van der Waals surface area contributed by atoms with Crippen molar-refractivity contribution in [2.24, 2.45) is 0 Å². The van der Waals surface area contributed by atoms with Gasteiger partial charge in [-0.1, -0.05) is 74.5 Å². The lowest BCUT2D eigenvalue weighted by atomic mass is 10.0. The molecule has 0 fully saturated rings. The SMILES string of the molecule is CCC(C)(C)OC(C)(C)CC.O=C(c1ccccc1)C(O)c1ccccc1. The third kappa shape index (κ3) is 8.06. The van der Waals surface area contributed by atoms with Crippen LogP contribution < -0.4 is 0 Å². The van der Waals surface area contributed by atoms with Gasteiger partial charge in [0.05, 0.1) is 11.2 Å². The summed E-state index contributed by atoms with van der Waals surface area (Å²) < 4.78 is 5.92. The molecule has 3 heteroatoms. The summed E-state index contributed by atoms with van der Waals surface area (Å²) in [4.78, 5) is 11.9. The van der Waals surface area contributed by atoms with Crippen molar-refractivity contribution in [2.45, 2.75) is 71.7 Å². The molecule has 2 aromatic rings. The second-order valence-electron chi connectivity index (χ2n) is 7.87. The third-order valence-corrected chi connectivity index (χ3v) is 4.68. The summed E-state index contributed by atoms with van der Waals surface area (Å²) in [6, 6.07) is 17.7. The van der Waals surface area contributed by atoms with Gasteiger partial charge < -0.3 is 9.84 Å².